The van der Waals surface area contributed by atoms with Gasteiger partial charge in [0, 0.05) is 20.2 Å². The van der Waals surface area contributed by atoms with Crippen molar-refractivity contribution in [2.45, 2.75) is 52.1 Å². The fraction of sp³-hybridized carbons (Fsp3) is 0.625. The number of phenolic OH excluding ortho intramolecular Hbond substituents is 1. The SMILES string of the molecule is CCCCCCC(C)Oc1cc([N+](=O)[O-])c(O)cc1N(C)C. The maximum atomic E-state index is 11.0. The van der Waals surface area contributed by atoms with Gasteiger partial charge in [-0.3, -0.25) is 10.1 Å². The van der Waals surface area contributed by atoms with E-state index in [1.165, 1.54) is 31.4 Å². The van der Waals surface area contributed by atoms with Crippen molar-refractivity contribution in [1.29, 1.82) is 0 Å². The van der Waals surface area contributed by atoms with E-state index in [2.05, 4.69) is 6.92 Å². The fourth-order valence-electron chi connectivity index (χ4n) is 2.27. The summed E-state index contributed by atoms with van der Waals surface area (Å²) in [5.74, 6) is 0.0779. The minimum absolute atomic E-state index is 0.0281. The van der Waals surface area contributed by atoms with Crippen molar-refractivity contribution in [2.75, 3.05) is 19.0 Å². The highest BCUT2D eigenvalue weighted by molar-refractivity contribution is 5.67. The van der Waals surface area contributed by atoms with Gasteiger partial charge in [0.05, 0.1) is 22.8 Å². The van der Waals surface area contributed by atoms with E-state index in [0.717, 1.165) is 12.8 Å². The van der Waals surface area contributed by atoms with Gasteiger partial charge in [0.2, 0.25) is 0 Å². The van der Waals surface area contributed by atoms with E-state index >= 15 is 0 Å². The zero-order valence-electron chi connectivity index (χ0n) is 13.8. The molecule has 0 saturated heterocycles. The molecule has 6 nitrogen and oxygen atoms in total. The number of nitro benzene ring substituents is 1. The van der Waals surface area contributed by atoms with Gasteiger partial charge < -0.3 is 14.7 Å². The molecule has 6 heteroatoms. The highest BCUT2D eigenvalue weighted by Gasteiger charge is 2.20. The predicted molar refractivity (Wildman–Crippen MR) is 87.9 cm³/mol. The summed E-state index contributed by atoms with van der Waals surface area (Å²) in [7, 11) is 3.61. The van der Waals surface area contributed by atoms with Gasteiger partial charge in [-0.1, -0.05) is 26.2 Å². The van der Waals surface area contributed by atoms with Crippen LogP contribution in [0.4, 0.5) is 11.4 Å². The first-order valence-corrected chi connectivity index (χ1v) is 7.72. The van der Waals surface area contributed by atoms with Gasteiger partial charge in [-0.25, -0.2) is 0 Å². The largest absolute Gasteiger partial charge is 0.502 e. The first kappa shape index (κ1) is 18.1. The van der Waals surface area contributed by atoms with Crippen molar-refractivity contribution in [3.63, 3.8) is 0 Å². The van der Waals surface area contributed by atoms with Crippen LogP contribution in [0.2, 0.25) is 0 Å². The molecule has 0 aliphatic heterocycles. The van der Waals surface area contributed by atoms with E-state index in [-0.39, 0.29) is 17.5 Å². The molecule has 1 N–H and O–H groups in total. The smallest absolute Gasteiger partial charge is 0.314 e. The molecule has 0 aliphatic carbocycles. The van der Waals surface area contributed by atoms with Crippen LogP contribution in [0.1, 0.15) is 46.0 Å². The van der Waals surface area contributed by atoms with Gasteiger partial charge in [0.1, 0.15) is 5.75 Å². The Morgan fingerprint density at radius 3 is 2.55 bits per heavy atom. The Morgan fingerprint density at radius 2 is 2.00 bits per heavy atom. The Labute approximate surface area is 131 Å². The molecular formula is C16H26N2O4. The number of ether oxygens (including phenoxy) is 1. The van der Waals surface area contributed by atoms with Gasteiger partial charge in [-0.15, -0.1) is 0 Å². The fourth-order valence-corrected chi connectivity index (χ4v) is 2.27. The van der Waals surface area contributed by atoms with Crippen molar-refractivity contribution < 1.29 is 14.8 Å². The van der Waals surface area contributed by atoms with Crippen molar-refractivity contribution in [2.24, 2.45) is 0 Å². The minimum atomic E-state index is -0.604. The van der Waals surface area contributed by atoms with E-state index in [0.29, 0.717) is 11.4 Å². The van der Waals surface area contributed by atoms with Crippen LogP contribution >= 0.6 is 0 Å². The first-order chi connectivity index (χ1) is 10.4. The molecule has 1 aromatic carbocycles. The van der Waals surface area contributed by atoms with Crippen molar-refractivity contribution in [3.05, 3.63) is 22.2 Å². The van der Waals surface area contributed by atoms with Crippen LogP contribution in [0.15, 0.2) is 12.1 Å². The lowest BCUT2D eigenvalue weighted by atomic mass is 10.1. The van der Waals surface area contributed by atoms with Crippen LogP contribution in [0, 0.1) is 10.1 Å². The minimum Gasteiger partial charge on any atom is -0.502 e. The summed E-state index contributed by atoms with van der Waals surface area (Å²) in [5.41, 5.74) is 0.294. The third kappa shape index (κ3) is 5.09. The van der Waals surface area contributed by atoms with E-state index in [4.69, 9.17) is 4.74 Å². The Kier molecular flexibility index (Phi) is 6.95. The van der Waals surface area contributed by atoms with Gasteiger partial charge in [0.25, 0.3) is 0 Å². The number of anilines is 1. The molecule has 0 bridgehead atoms. The molecule has 0 amide bonds. The number of unbranched alkanes of at least 4 members (excludes halogenated alkanes) is 3. The lowest BCUT2D eigenvalue weighted by Crippen LogP contribution is -2.16. The third-order valence-corrected chi connectivity index (χ3v) is 3.53. The number of phenols is 1. The number of benzene rings is 1. The maximum Gasteiger partial charge on any atom is 0.314 e. The van der Waals surface area contributed by atoms with E-state index in [9.17, 15) is 15.2 Å². The van der Waals surface area contributed by atoms with Crippen LogP contribution in [-0.4, -0.2) is 30.2 Å². The summed E-state index contributed by atoms with van der Waals surface area (Å²) in [6.45, 7) is 4.13. The summed E-state index contributed by atoms with van der Waals surface area (Å²) in [6.07, 6.45) is 5.51. The molecule has 0 spiro atoms. The summed E-state index contributed by atoms with van der Waals surface area (Å²) >= 11 is 0. The number of aromatic hydroxyl groups is 1. The Hall–Kier alpha value is -1.98. The molecule has 0 aliphatic rings. The van der Waals surface area contributed by atoms with Crippen LogP contribution in [0.25, 0.3) is 0 Å². The maximum absolute atomic E-state index is 11.0. The molecule has 0 saturated carbocycles. The van der Waals surface area contributed by atoms with Crippen LogP contribution in [-0.2, 0) is 0 Å². The molecule has 0 fully saturated rings. The summed E-state index contributed by atoms with van der Waals surface area (Å²) in [6, 6.07) is 2.67. The Balaban J connectivity index is 2.86. The normalized spacial score (nSPS) is 12.0. The second-order valence-corrected chi connectivity index (χ2v) is 5.74. The third-order valence-electron chi connectivity index (χ3n) is 3.53. The second kappa shape index (κ2) is 8.46. The lowest BCUT2D eigenvalue weighted by molar-refractivity contribution is -0.385. The summed E-state index contributed by atoms with van der Waals surface area (Å²) < 4.78 is 5.88. The zero-order chi connectivity index (χ0) is 16.7. The molecule has 22 heavy (non-hydrogen) atoms. The van der Waals surface area contributed by atoms with Crippen molar-refractivity contribution in [1.82, 2.24) is 0 Å². The topological polar surface area (TPSA) is 75.8 Å². The van der Waals surface area contributed by atoms with Gasteiger partial charge in [0.15, 0.2) is 5.75 Å². The number of hydrogen-bond donors (Lipinski definition) is 1. The molecule has 0 heterocycles. The lowest BCUT2D eigenvalue weighted by Gasteiger charge is -2.21. The van der Waals surface area contributed by atoms with E-state index in [1.54, 1.807) is 19.0 Å². The molecule has 0 aromatic heterocycles. The average Bonchev–Trinajstić information content (AvgIpc) is 2.44. The molecule has 124 valence electrons. The van der Waals surface area contributed by atoms with Crippen LogP contribution in [0.3, 0.4) is 0 Å². The van der Waals surface area contributed by atoms with Gasteiger partial charge in [-0.05, 0) is 19.8 Å². The van der Waals surface area contributed by atoms with Gasteiger partial charge in [-0.2, -0.15) is 0 Å². The Bertz CT molecular complexity index is 503. The molecule has 0 radical (unpaired) electrons. The molecule has 1 unspecified atom stereocenters. The van der Waals surface area contributed by atoms with E-state index < -0.39 is 4.92 Å². The van der Waals surface area contributed by atoms with Gasteiger partial charge >= 0.3 is 5.69 Å². The number of hydrogen-bond acceptors (Lipinski definition) is 5. The van der Waals surface area contributed by atoms with Crippen molar-refractivity contribution in [3.8, 4) is 11.5 Å². The molecule has 1 aromatic rings. The Morgan fingerprint density at radius 1 is 1.32 bits per heavy atom. The second-order valence-electron chi connectivity index (χ2n) is 5.74. The predicted octanol–water partition coefficient (Wildman–Crippen LogP) is 4.10. The van der Waals surface area contributed by atoms with Crippen LogP contribution < -0.4 is 9.64 Å². The standard InChI is InChI=1S/C16H26N2O4/c1-5-6-7-8-9-12(2)22-16-11-13(18(20)21)15(19)10-14(16)17(3)4/h10-12,19H,5-9H2,1-4H3. The first-order valence-electron chi connectivity index (χ1n) is 7.72. The summed E-state index contributed by atoms with van der Waals surface area (Å²) in [4.78, 5) is 12.1. The monoisotopic (exact) mass is 310 g/mol. The van der Waals surface area contributed by atoms with Crippen LogP contribution in [0.5, 0.6) is 11.5 Å². The summed E-state index contributed by atoms with van der Waals surface area (Å²) in [5, 5.41) is 20.7. The molecular weight excluding hydrogens is 284 g/mol. The highest BCUT2D eigenvalue weighted by Crippen LogP contribution is 2.39. The number of nitrogens with zero attached hydrogens (tertiary/aromatic N) is 2. The van der Waals surface area contributed by atoms with Crippen molar-refractivity contribution >= 4 is 11.4 Å². The number of nitro groups is 1. The quantitative estimate of drug-likeness (QED) is 0.422. The zero-order valence-corrected chi connectivity index (χ0v) is 13.8. The van der Waals surface area contributed by atoms with E-state index in [1.807, 2.05) is 6.92 Å². The molecule has 1 rings (SSSR count). The molecule has 1 atom stereocenters. The number of rotatable bonds is 9. The average molecular weight is 310 g/mol. The highest BCUT2D eigenvalue weighted by atomic mass is 16.6.